The first-order valence-electron chi connectivity index (χ1n) is 9.75. The van der Waals surface area contributed by atoms with Gasteiger partial charge in [0.15, 0.2) is 5.82 Å². The lowest BCUT2D eigenvalue weighted by atomic mass is 10.0. The molecule has 150 valence electrons. The molecule has 29 heavy (non-hydrogen) atoms. The quantitative estimate of drug-likeness (QED) is 0.676. The van der Waals surface area contributed by atoms with Gasteiger partial charge in [-0.2, -0.15) is 11.3 Å². The Hall–Kier alpha value is -2.93. The first-order valence-corrected chi connectivity index (χ1v) is 10.7. The van der Waals surface area contributed by atoms with Crippen LogP contribution in [0.2, 0.25) is 0 Å². The summed E-state index contributed by atoms with van der Waals surface area (Å²) in [6.07, 6.45) is 2.27. The third-order valence-corrected chi connectivity index (χ3v) is 5.89. The fourth-order valence-electron chi connectivity index (χ4n) is 3.60. The molecular formula is C22H24N4O2S. The van der Waals surface area contributed by atoms with Crippen LogP contribution in [0.5, 0.6) is 5.75 Å². The molecule has 1 N–H and O–H groups in total. The third-order valence-electron chi connectivity index (χ3n) is 5.16. The number of thiophene rings is 1. The molecule has 2 aromatic heterocycles. The minimum Gasteiger partial charge on any atom is -0.496 e. The summed E-state index contributed by atoms with van der Waals surface area (Å²) >= 11 is 1.62. The van der Waals surface area contributed by atoms with Gasteiger partial charge >= 0.3 is 0 Å². The second-order valence-electron chi connectivity index (χ2n) is 7.11. The Morgan fingerprint density at radius 3 is 2.69 bits per heavy atom. The maximum Gasteiger partial charge on any atom is 0.224 e. The molecule has 0 radical (unpaired) electrons. The van der Waals surface area contributed by atoms with E-state index >= 15 is 0 Å². The average Bonchev–Trinajstić information content (AvgIpc) is 3.27. The van der Waals surface area contributed by atoms with E-state index in [1.807, 2.05) is 53.2 Å². The predicted octanol–water partition coefficient (Wildman–Crippen LogP) is 3.54. The Balaban J connectivity index is 1.32. The molecule has 6 nitrogen and oxygen atoms in total. The number of para-hydroxylation sites is 1. The van der Waals surface area contributed by atoms with Crippen molar-refractivity contribution in [2.45, 2.75) is 25.3 Å². The fourth-order valence-corrected chi connectivity index (χ4v) is 4.27. The van der Waals surface area contributed by atoms with Crippen LogP contribution in [0.25, 0.3) is 11.3 Å². The minimum absolute atomic E-state index is 0.0998. The molecule has 1 amide bonds. The first-order chi connectivity index (χ1) is 14.2. The summed E-state index contributed by atoms with van der Waals surface area (Å²) in [5.74, 6) is 1.75. The Morgan fingerprint density at radius 1 is 1.17 bits per heavy atom. The van der Waals surface area contributed by atoms with E-state index in [0.29, 0.717) is 6.42 Å². The second-order valence-corrected chi connectivity index (χ2v) is 7.89. The summed E-state index contributed by atoms with van der Waals surface area (Å²) in [5, 5.41) is 16.0. The summed E-state index contributed by atoms with van der Waals surface area (Å²) in [7, 11) is 1.66. The second kappa shape index (κ2) is 9.05. The molecular weight excluding hydrogens is 384 g/mol. The Morgan fingerprint density at radius 2 is 2.00 bits per heavy atom. The molecule has 7 heteroatoms. The highest BCUT2D eigenvalue weighted by Gasteiger charge is 2.22. The zero-order valence-electron chi connectivity index (χ0n) is 16.4. The van der Waals surface area contributed by atoms with Crippen LogP contribution in [0.3, 0.4) is 0 Å². The van der Waals surface area contributed by atoms with Gasteiger partial charge in [0.1, 0.15) is 5.75 Å². The highest BCUT2D eigenvalue weighted by atomic mass is 32.1. The SMILES string of the molecule is COc1ccccc1-c1ccc(N2CCC(NC(=O)Cc3ccsc3)CC2)nn1. The summed E-state index contributed by atoms with van der Waals surface area (Å²) in [5.41, 5.74) is 2.80. The van der Waals surface area contributed by atoms with Crippen molar-refractivity contribution in [1.82, 2.24) is 15.5 Å². The summed E-state index contributed by atoms with van der Waals surface area (Å²) < 4.78 is 5.41. The highest BCUT2D eigenvalue weighted by molar-refractivity contribution is 7.08. The number of carbonyl (C=O) groups is 1. The number of amides is 1. The Bertz CT molecular complexity index is 936. The number of piperidine rings is 1. The highest BCUT2D eigenvalue weighted by Crippen LogP contribution is 2.28. The summed E-state index contributed by atoms with van der Waals surface area (Å²) in [4.78, 5) is 14.4. The van der Waals surface area contributed by atoms with Crippen molar-refractivity contribution in [3.8, 4) is 17.0 Å². The predicted molar refractivity (Wildman–Crippen MR) is 115 cm³/mol. The van der Waals surface area contributed by atoms with Gasteiger partial charge in [-0.25, -0.2) is 0 Å². The van der Waals surface area contributed by atoms with E-state index < -0.39 is 0 Å². The lowest BCUT2D eigenvalue weighted by molar-refractivity contribution is -0.121. The van der Waals surface area contributed by atoms with Crippen molar-refractivity contribution in [2.75, 3.05) is 25.1 Å². The van der Waals surface area contributed by atoms with Gasteiger partial charge in [-0.15, -0.1) is 10.2 Å². The van der Waals surface area contributed by atoms with Gasteiger partial charge in [0.05, 0.1) is 19.2 Å². The van der Waals surface area contributed by atoms with Crippen molar-refractivity contribution in [3.05, 3.63) is 58.8 Å². The number of ether oxygens (including phenoxy) is 1. The third kappa shape index (κ3) is 4.74. The topological polar surface area (TPSA) is 67.3 Å². The zero-order valence-corrected chi connectivity index (χ0v) is 17.2. The van der Waals surface area contributed by atoms with Crippen molar-refractivity contribution in [2.24, 2.45) is 0 Å². The van der Waals surface area contributed by atoms with Crippen molar-refractivity contribution in [1.29, 1.82) is 0 Å². The molecule has 1 aromatic carbocycles. The van der Waals surface area contributed by atoms with E-state index in [1.54, 1.807) is 18.4 Å². The van der Waals surface area contributed by atoms with Gasteiger partial charge in [0.25, 0.3) is 0 Å². The van der Waals surface area contributed by atoms with Crippen molar-refractivity contribution < 1.29 is 9.53 Å². The maximum absolute atomic E-state index is 12.2. The van der Waals surface area contributed by atoms with Crippen LogP contribution < -0.4 is 15.0 Å². The molecule has 3 heterocycles. The van der Waals surface area contributed by atoms with E-state index in [9.17, 15) is 4.79 Å². The summed E-state index contributed by atoms with van der Waals surface area (Å²) in [6, 6.07) is 14.0. The van der Waals surface area contributed by atoms with E-state index in [1.165, 1.54) is 0 Å². The summed E-state index contributed by atoms with van der Waals surface area (Å²) in [6.45, 7) is 1.71. The molecule has 3 aromatic rings. The van der Waals surface area contributed by atoms with Crippen LogP contribution in [-0.4, -0.2) is 42.3 Å². The standard InChI is InChI=1S/C22H24N4O2S/c1-28-20-5-3-2-4-18(20)19-6-7-21(25-24-19)26-11-8-17(9-12-26)23-22(27)14-16-10-13-29-15-16/h2-7,10,13,15,17H,8-9,11-12,14H2,1H3,(H,23,27). The zero-order chi connectivity index (χ0) is 20.1. The Kier molecular flexibility index (Phi) is 6.05. The largest absolute Gasteiger partial charge is 0.496 e. The lowest BCUT2D eigenvalue weighted by Gasteiger charge is -2.32. The number of hydrogen-bond donors (Lipinski definition) is 1. The number of hydrogen-bond acceptors (Lipinski definition) is 6. The van der Waals surface area contributed by atoms with Gasteiger partial charge in [-0.05, 0) is 59.5 Å². The molecule has 1 saturated heterocycles. The molecule has 0 bridgehead atoms. The smallest absolute Gasteiger partial charge is 0.224 e. The number of aromatic nitrogens is 2. The molecule has 0 unspecified atom stereocenters. The van der Waals surface area contributed by atoms with Crippen LogP contribution in [0.1, 0.15) is 18.4 Å². The van der Waals surface area contributed by atoms with E-state index in [0.717, 1.165) is 54.3 Å². The van der Waals surface area contributed by atoms with Gasteiger partial charge in [0, 0.05) is 24.7 Å². The van der Waals surface area contributed by atoms with Gasteiger partial charge in [-0.1, -0.05) is 12.1 Å². The molecule has 1 aliphatic rings. The number of anilines is 1. The molecule has 1 aliphatic heterocycles. The van der Waals surface area contributed by atoms with E-state index in [-0.39, 0.29) is 11.9 Å². The number of carbonyl (C=O) groups excluding carboxylic acids is 1. The average molecular weight is 409 g/mol. The maximum atomic E-state index is 12.2. The van der Waals surface area contributed by atoms with Crippen LogP contribution in [0.4, 0.5) is 5.82 Å². The van der Waals surface area contributed by atoms with Crippen molar-refractivity contribution in [3.63, 3.8) is 0 Å². The van der Waals surface area contributed by atoms with Gasteiger partial charge in [0.2, 0.25) is 5.91 Å². The van der Waals surface area contributed by atoms with Crippen LogP contribution >= 0.6 is 11.3 Å². The molecule has 0 aliphatic carbocycles. The molecule has 0 saturated carbocycles. The van der Waals surface area contributed by atoms with Crippen molar-refractivity contribution >= 4 is 23.1 Å². The molecule has 0 spiro atoms. The number of nitrogens with one attached hydrogen (secondary N) is 1. The molecule has 4 rings (SSSR count). The lowest BCUT2D eigenvalue weighted by Crippen LogP contribution is -2.45. The minimum atomic E-state index is 0.0998. The molecule has 0 atom stereocenters. The van der Waals surface area contributed by atoms with Gasteiger partial charge in [-0.3, -0.25) is 4.79 Å². The Labute approximate surface area is 174 Å². The van der Waals surface area contributed by atoms with E-state index in [2.05, 4.69) is 20.4 Å². The fraction of sp³-hybridized carbons (Fsp3) is 0.318. The molecule has 1 fully saturated rings. The van der Waals surface area contributed by atoms with E-state index in [4.69, 9.17) is 4.74 Å². The number of rotatable bonds is 6. The monoisotopic (exact) mass is 408 g/mol. The normalized spacial score (nSPS) is 14.6. The number of nitrogens with zero attached hydrogens (tertiary/aromatic N) is 3. The van der Waals surface area contributed by atoms with Crippen LogP contribution in [0, 0.1) is 0 Å². The number of benzene rings is 1. The van der Waals surface area contributed by atoms with Crippen LogP contribution in [0.15, 0.2) is 53.2 Å². The van der Waals surface area contributed by atoms with Crippen LogP contribution in [-0.2, 0) is 11.2 Å². The number of methoxy groups -OCH3 is 1. The first kappa shape index (κ1) is 19.4. The van der Waals surface area contributed by atoms with Gasteiger partial charge < -0.3 is 15.0 Å².